The van der Waals surface area contributed by atoms with Gasteiger partial charge in [0.25, 0.3) is 0 Å². The van der Waals surface area contributed by atoms with Gasteiger partial charge in [-0.2, -0.15) is 0 Å². The van der Waals surface area contributed by atoms with Gasteiger partial charge in [-0.3, -0.25) is 0 Å². The molecule has 1 aliphatic heterocycles. The highest BCUT2D eigenvalue weighted by Gasteiger charge is 2.17. The van der Waals surface area contributed by atoms with E-state index in [1.165, 1.54) is 37.0 Å². The lowest BCUT2D eigenvalue weighted by Crippen LogP contribution is -2.32. The Bertz CT molecular complexity index is 392. The molecule has 0 bridgehead atoms. The molecule has 2 unspecified atom stereocenters. The third kappa shape index (κ3) is 6.60. The summed E-state index contributed by atoms with van der Waals surface area (Å²) >= 11 is 7.84. The minimum Gasteiger partial charge on any atom is -0.378 e. The van der Waals surface area contributed by atoms with Crippen molar-refractivity contribution in [2.45, 2.75) is 56.1 Å². The number of rotatable bonds is 9. The van der Waals surface area contributed by atoms with Crippen LogP contribution in [-0.4, -0.2) is 31.1 Å². The fourth-order valence-electron chi connectivity index (χ4n) is 2.58. The van der Waals surface area contributed by atoms with Gasteiger partial charge in [-0.1, -0.05) is 18.5 Å². The maximum Gasteiger partial charge on any atom is 0.0576 e. The zero-order valence-electron chi connectivity index (χ0n) is 12.8. The second kappa shape index (κ2) is 9.73. The van der Waals surface area contributed by atoms with E-state index in [9.17, 15) is 0 Å². The first-order valence-corrected chi connectivity index (χ1v) is 9.37. The summed E-state index contributed by atoms with van der Waals surface area (Å²) in [6, 6.07) is 8.69. The minimum absolute atomic E-state index is 0.497. The number of ether oxygens (including phenoxy) is 1. The van der Waals surface area contributed by atoms with E-state index < -0.39 is 0 Å². The summed E-state index contributed by atoms with van der Waals surface area (Å²) in [7, 11) is 0. The zero-order valence-corrected chi connectivity index (χ0v) is 14.4. The van der Waals surface area contributed by atoms with Crippen LogP contribution in [0.1, 0.15) is 39.0 Å². The molecule has 2 atom stereocenters. The zero-order chi connectivity index (χ0) is 14.9. The van der Waals surface area contributed by atoms with Crippen LogP contribution in [0.25, 0.3) is 0 Å². The second-order valence-corrected chi connectivity index (χ2v) is 7.16. The van der Waals surface area contributed by atoms with Crippen LogP contribution in [0.15, 0.2) is 29.2 Å². The molecule has 1 aromatic rings. The van der Waals surface area contributed by atoms with Crippen LogP contribution in [0, 0.1) is 0 Å². The summed E-state index contributed by atoms with van der Waals surface area (Å²) in [5.41, 5.74) is 0. The monoisotopic (exact) mass is 327 g/mol. The van der Waals surface area contributed by atoms with Gasteiger partial charge < -0.3 is 10.1 Å². The SMILES string of the molecule is CCCNC(CCC1CCCO1)CSc1ccc(Cl)cc1. The first kappa shape index (κ1) is 17.1. The van der Waals surface area contributed by atoms with Gasteiger partial charge >= 0.3 is 0 Å². The number of hydrogen-bond acceptors (Lipinski definition) is 3. The Morgan fingerprint density at radius 2 is 2.19 bits per heavy atom. The van der Waals surface area contributed by atoms with Crippen LogP contribution >= 0.6 is 23.4 Å². The van der Waals surface area contributed by atoms with Crippen molar-refractivity contribution in [1.29, 1.82) is 0 Å². The van der Waals surface area contributed by atoms with Crippen molar-refractivity contribution in [3.05, 3.63) is 29.3 Å². The van der Waals surface area contributed by atoms with Crippen LogP contribution < -0.4 is 5.32 Å². The Hall–Kier alpha value is -0.220. The van der Waals surface area contributed by atoms with Gasteiger partial charge in [0.1, 0.15) is 0 Å². The molecule has 4 heteroatoms. The van der Waals surface area contributed by atoms with E-state index in [1.807, 2.05) is 23.9 Å². The normalized spacial score (nSPS) is 19.8. The molecule has 0 amide bonds. The van der Waals surface area contributed by atoms with E-state index in [-0.39, 0.29) is 0 Å². The first-order valence-electron chi connectivity index (χ1n) is 8.01. The van der Waals surface area contributed by atoms with E-state index in [2.05, 4.69) is 24.4 Å². The average molecular weight is 328 g/mol. The average Bonchev–Trinajstić information content (AvgIpc) is 3.01. The van der Waals surface area contributed by atoms with Gasteiger partial charge in [0.2, 0.25) is 0 Å². The maximum absolute atomic E-state index is 5.93. The molecule has 1 saturated heterocycles. The molecule has 21 heavy (non-hydrogen) atoms. The van der Waals surface area contributed by atoms with E-state index in [0.717, 1.165) is 23.9 Å². The standard InChI is InChI=1S/C17H26ClNOS/c1-2-11-19-15(7-8-16-4-3-12-20-16)13-21-17-9-5-14(18)6-10-17/h5-6,9-10,15-16,19H,2-4,7-8,11-13H2,1H3. The van der Waals surface area contributed by atoms with E-state index in [1.54, 1.807) is 0 Å². The van der Waals surface area contributed by atoms with E-state index >= 15 is 0 Å². The Morgan fingerprint density at radius 3 is 2.86 bits per heavy atom. The van der Waals surface area contributed by atoms with Gasteiger partial charge in [-0.15, -0.1) is 11.8 Å². The van der Waals surface area contributed by atoms with Crippen molar-refractivity contribution in [2.24, 2.45) is 0 Å². The summed E-state index contributed by atoms with van der Waals surface area (Å²) in [5.74, 6) is 1.11. The highest BCUT2D eigenvalue weighted by Crippen LogP contribution is 2.23. The number of thioether (sulfide) groups is 1. The highest BCUT2D eigenvalue weighted by atomic mass is 35.5. The molecule has 1 fully saturated rings. The van der Waals surface area contributed by atoms with Gasteiger partial charge in [0, 0.05) is 28.3 Å². The summed E-state index contributed by atoms with van der Waals surface area (Å²) < 4.78 is 5.73. The molecule has 118 valence electrons. The Balaban J connectivity index is 1.75. The fourth-order valence-corrected chi connectivity index (χ4v) is 3.71. The predicted octanol–water partition coefficient (Wildman–Crippen LogP) is 4.76. The van der Waals surface area contributed by atoms with Crippen molar-refractivity contribution < 1.29 is 4.74 Å². The molecule has 0 radical (unpaired) electrons. The number of benzene rings is 1. The molecular formula is C17H26ClNOS. The predicted molar refractivity (Wildman–Crippen MR) is 92.5 cm³/mol. The largest absolute Gasteiger partial charge is 0.378 e. The highest BCUT2D eigenvalue weighted by molar-refractivity contribution is 7.99. The van der Waals surface area contributed by atoms with Crippen LogP contribution in [0.2, 0.25) is 5.02 Å². The third-order valence-electron chi connectivity index (χ3n) is 3.81. The molecule has 0 spiro atoms. The maximum atomic E-state index is 5.93. The molecule has 2 rings (SSSR count). The molecule has 1 aromatic carbocycles. The van der Waals surface area contributed by atoms with Gasteiger partial charge in [0.15, 0.2) is 0 Å². The van der Waals surface area contributed by atoms with Gasteiger partial charge in [0.05, 0.1) is 6.10 Å². The molecule has 2 nitrogen and oxygen atoms in total. The first-order chi connectivity index (χ1) is 10.3. The van der Waals surface area contributed by atoms with Gasteiger partial charge in [-0.05, 0) is 62.9 Å². The van der Waals surface area contributed by atoms with Crippen LogP contribution in [0.5, 0.6) is 0 Å². The van der Waals surface area contributed by atoms with Crippen molar-refractivity contribution in [3.63, 3.8) is 0 Å². The summed E-state index contributed by atoms with van der Waals surface area (Å²) in [4.78, 5) is 1.29. The quantitative estimate of drug-likeness (QED) is 0.661. The molecule has 0 aromatic heterocycles. The van der Waals surface area contributed by atoms with E-state index in [0.29, 0.717) is 12.1 Å². The lowest BCUT2D eigenvalue weighted by atomic mass is 10.1. The molecule has 0 aliphatic carbocycles. The third-order valence-corrected chi connectivity index (χ3v) is 5.24. The smallest absolute Gasteiger partial charge is 0.0576 e. The van der Waals surface area contributed by atoms with E-state index in [4.69, 9.17) is 16.3 Å². The minimum atomic E-state index is 0.497. The molecule has 1 heterocycles. The Labute approximate surface area is 138 Å². The molecule has 0 saturated carbocycles. The molecular weight excluding hydrogens is 302 g/mol. The Kier molecular flexibility index (Phi) is 7.94. The van der Waals surface area contributed by atoms with Crippen LogP contribution in [-0.2, 0) is 4.74 Å². The number of nitrogens with one attached hydrogen (secondary N) is 1. The van der Waals surface area contributed by atoms with Crippen LogP contribution in [0.4, 0.5) is 0 Å². The van der Waals surface area contributed by atoms with Crippen molar-refractivity contribution in [1.82, 2.24) is 5.32 Å². The van der Waals surface area contributed by atoms with Crippen molar-refractivity contribution in [3.8, 4) is 0 Å². The van der Waals surface area contributed by atoms with Crippen LogP contribution in [0.3, 0.4) is 0 Å². The Morgan fingerprint density at radius 1 is 1.38 bits per heavy atom. The molecule has 1 N–H and O–H groups in total. The topological polar surface area (TPSA) is 21.3 Å². The van der Waals surface area contributed by atoms with Crippen molar-refractivity contribution in [2.75, 3.05) is 18.9 Å². The number of hydrogen-bond donors (Lipinski definition) is 1. The number of halogens is 1. The molecule has 1 aliphatic rings. The summed E-state index contributed by atoms with van der Waals surface area (Å²) in [6.07, 6.45) is 6.54. The van der Waals surface area contributed by atoms with Crippen molar-refractivity contribution >= 4 is 23.4 Å². The second-order valence-electron chi connectivity index (χ2n) is 5.63. The summed E-state index contributed by atoms with van der Waals surface area (Å²) in [6.45, 7) is 4.27. The van der Waals surface area contributed by atoms with Gasteiger partial charge in [-0.25, -0.2) is 0 Å². The summed E-state index contributed by atoms with van der Waals surface area (Å²) in [5, 5.41) is 4.48. The lowest BCUT2D eigenvalue weighted by Gasteiger charge is -2.20. The fraction of sp³-hybridized carbons (Fsp3) is 0.647. The lowest BCUT2D eigenvalue weighted by molar-refractivity contribution is 0.100.